The molecule has 1 nitrogen and oxygen atoms in total. The van der Waals surface area contributed by atoms with Crippen molar-refractivity contribution in [2.24, 2.45) is 11.3 Å². The second kappa shape index (κ2) is 2.22. The van der Waals surface area contributed by atoms with Crippen molar-refractivity contribution in [3.8, 4) is 0 Å². The molecule has 1 heteroatoms. The third-order valence-corrected chi connectivity index (χ3v) is 2.63. The average Bonchev–Trinajstić information content (AvgIpc) is 1.83. The lowest BCUT2D eigenvalue weighted by molar-refractivity contribution is -0.122. The van der Waals surface area contributed by atoms with Crippen molar-refractivity contribution in [2.45, 2.75) is 26.7 Å². The summed E-state index contributed by atoms with van der Waals surface area (Å²) in [5, 5.41) is 0. The molecule has 1 saturated carbocycles. The summed E-state index contributed by atoms with van der Waals surface area (Å²) in [5.74, 6) is 0.449. The minimum atomic E-state index is -0.0775. The molecule has 0 bridgehead atoms. The second-order valence-electron chi connectivity index (χ2n) is 3.56. The van der Waals surface area contributed by atoms with E-state index in [0.29, 0.717) is 5.92 Å². The molecule has 0 heterocycles. The number of hydrogen-bond donors (Lipinski definition) is 0. The van der Waals surface area contributed by atoms with E-state index in [-0.39, 0.29) is 5.41 Å². The first kappa shape index (κ1) is 7.52. The third-order valence-electron chi connectivity index (χ3n) is 2.63. The van der Waals surface area contributed by atoms with Crippen LogP contribution in [0.15, 0.2) is 12.2 Å². The molecule has 0 radical (unpaired) electrons. The number of carbonyl (C=O) groups excluding carboxylic acids is 1. The molecule has 1 fully saturated rings. The van der Waals surface area contributed by atoms with Crippen molar-refractivity contribution in [2.75, 3.05) is 0 Å². The van der Waals surface area contributed by atoms with E-state index in [1.165, 1.54) is 0 Å². The zero-order chi connectivity index (χ0) is 7.78. The summed E-state index contributed by atoms with van der Waals surface area (Å²) in [5.41, 5.74) is 1.08. The van der Waals surface area contributed by atoms with Gasteiger partial charge >= 0.3 is 0 Å². The number of hydrogen-bond acceptors (Lipinski definition) is 1. The van der Waals surface area contributed by atoms with Crippen LogP contribution in [0.4, 0.5) is 0 Å². The third kappa shape index (κ3) is 0.898. The molecule has 2 atom stereocenters. The summed E-state index contributed by atoms with van der Waals surface area (Å²) in [4.78, 5) is 10.6. The Balaban J connectivity index is 2.66. The molecular weight excluding hydrogens is 124 g/mol. The lowest BCUT2D eigenvalue weighted by Gasteiger charge is -2.43. The van der Waals surface area contributed by atoms with Gasteiger partial charge in [0, 0.05) is 5.41 Å². The number of aldehydes is 1. The van der Waals surface area contributed by atoms with Gasteiger partial charge in [-0.1, -0.05) is 19.1 Å². The molecule has 0 amide bonds. The highest BCUT2D eigenvalue weighted by Crippen LogP contribution is 2.47. The summed E-state index contributed by atoms with van der Waals surface area (Å²) in [6.45, 7) is 7.88. The Morgan fingerprint density at radius 3 is 2.50 bits per heavy atom. The molecule has 0 saturated heterocycles. The van der Waals surface area contributed by atoms with E-state index in [1.54, 1.807) is 0 Å². The molecule has 0 aliphatic heterocycles. The minimum Gasteiger partial charge on any atom is -0.303 e. The van der Waals surface area contributed by atoms with E-state index in [2.05, 4.69) is 6.58 Å². The van der Waals surface area contributed by atoms with Crippen LogP contribution in [0.2, 0.25) is 0 Å². The minimum absolute atomic E-state index is 0.0775. The highest BCUT2D eigenvalue weighted by molar-refractivity contribution is 5.62. The summed E-state index contributed by atoms with van der Waals surface area (Å²) in [7, 11) is 0. The monoisotopic (exact) mass is 138 g/mol. The second-order valence-corrected chi connectivity index (χ2v) is 3.56. The molecule has 1 aliphatic rings. The van der Waals surface area contributed by atoms with Gasteiger partial charge in [-0.05, 0) is 25.7 Å². The van der Waals surface area contributed by atoms with Crippen molar-refractivity contribution in [3.63, 3.8) is 0 Å². The van der Waals surface area contributed by atoms with Gasteiger partial charge in [0.05, 0.1) is 0 Å². The maximum atomic E-state index is 10.6. The van der Waals surface area contributed by atoms with Crippen LogP contribution in [0.5, 0.6) is 0 Å². The highest BCUT2D eigenvalue weighted by Gasteiger charge is 2.42. The maximum Gasteiger partial charge on any atom is 0.126 e. The summed E-state index contributed by atoms with van der Waals surface area (Å²) in [6.07, 6.45) is 3.26. The molecule has 0 aromatic carbocycles. The standard InChI is InChI=1S/C9H14O/c1-7(2)8-4-5-9(8,3)6-10/h6,8H,1,4-5H2,2-3H3/t8-,9-/m0/s1. The largest absolute Gasteiger partial charge is 0.303 e. The summed E-state index contributed by atoms with van der Waals surface area (Å²) < 4.78 is 0. The summed E-state index contributed by atoms with van der Waals surface area (Å²) >= 11 is 0. The molecule has 0 spiro atoms. The molecule has 0 aromatic rings. The van der Waals surface area contributed by atoms with Gasteiger partial charge in [0.1, 0.15) is 6.29 Å². The SMILES string of the molecule is C=C(C)[C@@H]1CC[C@@]1(C)C=O. The van der Waals surface area contributed by atoms with Gasteiger partial charge in [0.15, 0.2) is 0 Å². The number of allylic oxidation sites excluding steroid dienone is 1. The fourth-order valence-corrected chi connectivity index (χ4v) is 1.69. The van der Waals surface area contributed by atoms with Crippen LogP contribution >= 0.6 is 0 Å². The Kier molecular flexibility index (Phi) is 1.67. The molecule has 1 aliphatic carbocycles. The van der Waals surface area contributed by atoms with Crippen LogP contribution in [0.1, 0.15) is 26.7 Å². The van der Waals surface area contributed by atoms with Gasteiger partial charge in [-0.25, -0.2) is 0 Å². The van der Waals surface area contributed by atoms with Crippen molar-refractivity contribution in [1.29, 1.82) is 0 Å². The Hall–Kier alpha value is -0.590. The Labute approximate surface area is 62.1 Å². The quantitative estimate of drug-likeness (QED) is 0.422. The molecule has 0 N–H and O–H groups in total. The number of rotatable bonds is 2. The van der Waals surface area contributed by atoms with Gasteiger partial charge in [-0.3, -0.25) is 0 Å². The van der Waals surface area contributed by atoms with E-state index in [0.717, 1.165) is 24.7 Å². The van der Waals surface area contributed by atoms with Crippen molar-refractivity contribution in [3.05, 3.63) is 12.2 Å². The fourth-order valence-electron chi connectivity index (χ4n) is 1.69. The van der Waals surface area contributed by atoms with Crippen molar-refractivity contribution >= 4 is 6.29 Å². The predicted molar refractivity (Wildman–Crippen MR) is 41.7 cm³/mol. The smallest absolute Gasteiger partial charge is 0.126 e. The Morgan fingerprint density at radius 2 is 2.40 bits per heavy atom. The first-order chi connectivity index (χ1) is 4.60. The van der Waals surface area contributed by atoms with E-state index < -0.39 is 0 Å². The van der Waals surface area contributed by atoms with Crippen molar-refractivity contribution in [1.82, 2.24) is 0 Å². The Bertz CT molecular complexity index is 172. The molecular formula is C9H14O. The van der Waals surface area contributed by atoms with Gasteiger partial charge in [0.2, 0.25) is 0 Å². The molecule has 0 aromatic heterocycles. The zero-order valence-electron chi connectivity index (χ0n) is 6.68. The highest BCUT2D eigenvalue weighted by atomic mass is 16.1. The van der Waals surface area contributed by atoms with Crippen LogP contribution in [0.3, 0.4) is 0 Å². The normalized spacial score (nSPS) is 38.4. The first-order valence-electron chi connectivity index (χ1n) is 3.72. The van der Waals surface area contributed by atoms with Crippen LogP contribution in [0, 0.1) is 11.3 Å². The lowest BCUT2D eigenvalue weighted by atomic mass is 9.60. The van der Waals surface area contributed by atoms with E-state index in [1.807, 2.05) is 13.8 Å². The molecule has 10 heavy (non-hydrogen) atoms. The van der Waals surface area contributed by atoms with Gasteiger partial charge < -0.3 is 4.79 Å². The fraction of sp³-hybridized carbons (Fsp3) is 0.667. The Morgan fingerprint density at radius 1 is 1.80 bits per heavy atom. The zero-order valence-corrected chi connectivity index (χ0v) is 6.68. The maximum absolute atomic E-state index is 10.6. The van der Waals surface area contributed by atoms with E-state index in [4.69, 9.17) is 0 Å². The van der Waals surface area contributed by atoms with Crippen molar-refractivity contribution < 1.29 is 4.79 Å². The first-order valence-corrected chi connectivity index (χ1v) is 3.72. The summed E-state index contributed by atoms with van der Waals surface area (Å²) in [6, 6.07) is 0. The van der Waals surface area contributed by atoms with Crippen LogP contribution < -0.4 is 0 Å². The topological polar surface area (TPSA) is 17.1 Å². The van der Waals surface area contributed by atoms with Gasteiger partial charge in [0.25, 0.3) is 0 Å². The molecule has 1 rings (SSSR count). The van der Waals surface area contributed by atoms with Gasteiger partial charge in [-0.2, -0.15) is 0 Å². The lowest BCUT2D eigenvalue weighted by Crippen LogP contribution is -2.39. The van der Waals surface area contributed by atoms with Crippen LogP contribution in [0.25, 0.3) is 0 Å². The van der Waals surface area contributed by atoms with E-state index >= 15 is 0 Å². The predicted octanol–water partition coefficient (Wildman–Crippen LogP) is 2.18. The van der Waals surface area contributed by atoms with Crippen LogP contribution in [-0.4, -0.2) is 6.29 Å². The average molecular weight is 138 g/mol. The van der Waals surface area contributed by atoms with Crippen LogP contribution in [-0.2, 0) is 4.79 Å². The molecule has 0 unspecified atom stereocenters. The number of carbonyl (C=O) groups is 1. The molecule has 56 valence electrons. The van der Waals surface area contributed by atoms with E-state index in [9.17, 15) is 4.79 Å². The van der Waals surface area contributed by atoms with Gasteiger partial charge in [-0.15, -0.1) is 0 Å².